The standard InChI is InChI=1S/C24H24N2O4S2/c1-4-10-18-13-16(14-19(29-5-2)21(18)30-6-3)15-20-23(28)26(24(31)32-20)25-22(27)17-11-8-7-9-12-17/h4,7-9,11-15H,1,5-6,10H2,2-3H3,(H,25,27)/b20-15+. The molecule has 0 radical (unpaired) electrons. The van der Waals surface area contributed by atoms with Crippen LogP contribution in [-0.2, 0) is 11.2 Å². The molecule has 1 aliphatic rings. The number of rotatable bonds is 9. The van der Waals surface area contributed by atoms with E-state index in [0.29, 0.717) is 41.6 Å². The minimum Gasteiger partial charge on any atom is -0.490 e. The first-order chi connectivity index (χ1) is 15.5. The van der Waals surface area contributed by atoms with Crippen molar-refractivity contribution in [1.29, 1.82) is 0 Å². The molecule has 3 rings (SSSR count). The zero-order valence-corrected chi connectivity index (χ0v) is 19.6. The van der Waals surface area contributed by atoms with E-state index in [1.165, 1.54) is 0 Å². The average Bonchev–Trinajstić information content (AvgIpc) is 3.04. The van der Waals surface area contributed by atoms with Crippen LogP contribution in [0.3, 0.4) is 0 Å². The SMILES string of the molecule is C=CCc1cc(/C=C2/SC(=S)N(NC(=O)c3ccccc3)C2=O)cc(OCC)c1OCC. The molecule has 0 atom stereocenters. The largest absolute Gasteiger partial charge is 0.490 e. The molecule has 2 amide bonds. The molecule has 32 heavy (non-hydrogen) atoms. The fourth-order valence-corrected chi connectivity index (χ4v) is 4.30. The molecule has 1 N–H and O–H groups in total. The molecule has 1 saturated heterocycles. The Bertz CT molecular complexity index is 1070. The summed E-state index contributed by atoms with van der Waals surface area (Å²) in [5, 5.41) is 1.10. The Morgan fingerprint density at radius 2 is 1.91 bits per heavy atom. The predicted molar refractivity (Wildman–Crippen MR) is 132 cm³/mol. The number of thioether (sulfide) groups is 1. The van der Waals surface area contributed by atoms with Gasteiger partial charge < -0.3 is 9.47 Å². The molecule has 6 nitrogen and oxygen atoms in total. The van der Waals surface area contributed by atoms with Gasteiger partial charge >= 0.3 is 0 Å². The van der Waals surface area contributed by atoms with Gasteiger partial charge in [0.2, 0.25) is 0 Å². The van der Waals surface area contributed by atoms with Crippen LogP contribution in [0.25, 0.3) is 6.08 Å². The maximum Gasteiger partial charge on any atom is 0.285 e. The fraction of sp³-hybridized carbons (Fsp3) is 0.208. The maximum absolute atomic E-state index is 12.9. The molecule has 1 heterocycles. The number of carbonyl (C=O) groups is 2. The highest BCUT2D eigenvalue weighted by molar-refractivity contribution is 8.26. The summed E-state index contributed by atoms with van der Waals surface area (Å²) in [5.41, 5.74) is 4.70. The summed E-state index contributed by atoms with van der Waals surface area (Å²) >= 11 is 6.45. The second-order valence-corrected chi connectivity index (χ2v) is 8.37. The molecule has 166 valence electrons. The van der Waals surface area contributed by atoms with Crippen LogP contribution in [0.1, 0.15) is 35.3 Å². The van der Waals surface area contributed by atoms with Crippen LogP contribution in [-0.4, -0.2) is 34.4 Å². The van der Waals surface area contributed by atoms with Gasteiger partial charge in [0.1, 0.15) is 0 Å². The third-order valence-corrected chi connectivity index (χ3v) is 5.75. The van der Waals surface area contributed by atoms with Crippen molar-refractivity contribution >= 4 is 46.2 Å². The Balaban J connectivity index is 1.89. The Morgan fingerprint density at radius 1 is 1.19 bits per heavy atom. The molecule has 8 heteroatoms. The zero-order valence-electron chi connectivity index (χ0n) is 17.9. The van der Waals surface area contributed by atoms with Gasteiger partial charge in [-0.15, -0.1) is 6.58 Å². The van der Waals surface area contributed by atoms with Crippen LogP contribution in [0.15, 0.2) is 60.0 Å². The normalized spacial score (nSPS) is 14.6. The average molecular weight is 469 g/mol. The number of thiocarbonyl (C=S) groups is 1. The number of hydrogen-bond acceptors (Lipinski definition) is 6. The quantitative estimate of drug-likeness (QED) is 0.325. The van der Waals surface area contributed by atoms with Gasteiger partial charge in [-0.25, -0.2) is 0 Å². The van der Waals surface area contributed by atoms with Crippen LogP contribution in [0.5, 0.6) is 11.5 Å². The van der Waals surface area contributed by atoms with Crippen molar-refractivity contribution in [3.05, 3.63) is 76.7 Å². The van der Waals surface area contributed by atoms with Gasteiger partial charge in [0.05, 0.1) is 18.1 Å². The van der Waals surface area contributed by atoms with Crippen LogP contribution < -0.4 is 14.9 Å². The van der Waals surface area contributed by atoms with Gasteiger partial charge in [-0.05, 0) is 68.4 Å². The topological polar surface area (TPSA) is 67.9 Å². The summed E-state index contributed by atoms with van der Waals surface area (Å²) in [4.78, 5) is 25.8. The van der Waals surface area contributed by atoms with Crippen molar-refractivity contribution in [3.8, 4) is 11.5 Å². The van der Waals surface area contributed by atoms with E-state index in [-0.39, 0.29) is 10.2 Å². The molecule has 0 bridgehead atoms. The highest BCUT2D eigenvalue weighted by Gasteiger charge is 2.34. The van der Waals surface area contributed by atoms with E-state index in [0.717, 1.165) is 27.9 Å². The fourth-order valence-electron chi connectivity index (χ4n) is 3.12. The summed E-state index contributed by atoms with van der Waals surface area (Å²) in [5.74, 6) is 0.486. The van der Waals surface area contributed by atoms with Gasteiger partial charge in [-0.2, -0.15) is 5.01 Å². The van der Waals surface area contributed by atoms with Crippen LogP contribution >= 0.6 is 24.0 Å². The number of benzene rings is 2. The second kappa shape index (κ2) is 11.0. The van der Waals surface area contributed by atoms with E-state index >= 15 is 0 Å². The zero-order chi connectivity index (χ0) is 23.1. The van der Waals surface area contributed by atoms with Crippen molar-refractivity contribution < 1.29 is 19.1 Å². The molecule has 0 aromatic heterocycles. The molecule has 1 fully saturated rings. The second-order valence-electron chi connectivity index (χ2n) is 6.69. The Morgan fingerprint density at radius 3 is 2.56 bits per heavy atom. The first kappa shape index (κ1) is 23.6. The molecule has 1 aliphatic heterocycles. The highest BCUT2D eigenvalue weighted by Crippen LogP contribution is 2.37. The molecule has 2 aromatic carbocycles. The van der Waals surface area contributed by atoms with E-state index in [1.54, 1.807) is 36.4 Å². The number of amides is 2. The van der Waals surface area contributed by atoms with Crippen molar-refractivity contribution in [1.82, 2.24) is 10.4 Å². The van der Waals surface area contributed by atoms with Gasteiger partial charge in [0.15, 0.2) is 15.8 Å². The highest BCUT2D eigenvalue weighted by atomic mass is 32.2. The van der Waals surface area contributed by atoms with E-state index in [1.807, 2.05) is 32.0 Å². The Kier molecular flexibility index (Phi) is 8.08. The molecule has 0 aliphatic carbocycles. The summed E-state index contributed by atoms with van der Waals surface area (Å²) in [6, 6.07) is 12.4. The van der Waals surface area contributed by atoms with Gasteiger partial charge in [0.25, 0.3) is 11.8 Å². The summed E-state index contributed by atoms with van der Waals surface area (Å²) < 4.78 is 11.8. The van der Waals surface area contributed by atoms with E-state index < -0.39 is 5.91 Å². The van der Waals surface area contributed by atoms with Crippen molar-refractivity contribution in [2.45, 2.75) is 20.3 Å². The first-order valence-electron chi connectivity index (χ1n) is 10.2. The smallest absolute Gasteiger partial charge is 0.285 e. The summed E-state index contributed by atoms with van der Waals surface area (Å²) in [7, 11) is 0. The lowest BCUT2D eigenvalue weighted by Gasteiger charge is -2.16. The lowest BCUT2D eigenvalue weighted by Crippen LogP contribution is -2.44. The molecule has 0 unspecified atom stereocenters. The molecular weight excluding hydrogens is 444 g/mol. The van der Waals surface area contributed by atoms with Crippen LogP contribution in [0.2, 0.25) is 0 Å². The lowest BCUT2D eigenvalue weighted by molar-refractivity contribution is -0.123. The third kappa shape index (κ3) is 5.38. The number of allylic oxidation sites excluding steroid dienone is 1. The molecule has 0 saturated carbocycles. The van der Waals surface area contributed by atoms with E-state index in [2.05, 4.69) is 12.0 Å². The van der Waals surface area contributed by atoms with E-state index in [9.17, 15) is 9.59 Å². The van der Waals surface area contributed by atoms with Crippen molar-refractivity contribution in [2.24, 2.45) is 0 Å². The van der Waals surface area contributed by atoms with Gasteiger partial charge in [-0.1, -0.05) is 36.0 Å². The number of carbonyl (C=O) groups excluding carboxylic acids is 2. The molecular formula is C24H24N2O4S2. The molecule has 0 spiro atoms. The maximum atomic E-state index is 12.9. The van der Waals surface area contributed by atoms with Crippen molar-refractivity contribution in [2.75, 3.05) is 13.2 Å². The van der Waals surface area contributed by atoms with Crippen molar-refractivity contribution in [3.63, 3.8) is 0 Å². The molecule has 2 aromatic rings. The number of nitrogens with one attached hydrogen (secondary N) is 1. The summed E-state index contributed by atoms with van der Waals surface area (Å²) in [6.07, 6.45) is 4.11. The number of hydrogen-bond donors (Lipinski definition) is 1. The van der Waals surface area contributed by atoms with E-state index in [4.69, 9.17) is 21.7 Å². The van der Waals surface area contributed by atoms with Gasteiger partial charge in [0, 0.05) is 11.1 Å². The summed E-state index contributed by atoms with van der Waals surface area (Å²) in [6.45, 7) is 8.61. The van der Waals surface area contributed by atoms with Crippen LogP contribution in [0, 0.1) is 0 Å². The Labute approximate surface area is 197 Å². The number of hydrazine groups is 1. The van der Waals surface area contributed by atoms with Gasteiger partial charge in [-0.3, -0.25) is 15.0 Å². The minimum absolute atomic E-state index is 0.257. The lowest BCUT2D eigenvalue weighted by atomic mass is 10.0. The number of nitrogens with zero attached hydrogens (tertiary/aromatic N) is 1. The minimum atomic E-state index is -0.406. The first-order valence-corrected chi connectivity index (χ1v) is 11.4. The third-order valence-electron chi connectivity index (χ3n) is 4.45. The van der Waals surface area contributed by atoms with Crippen LogP contribution in [0.4, 0.5) is 0 Å². The predicted octanol–water partition coefficient (Wildman–Crippen LogP) is 4.76. The number of ether oxygens (including phenoxy) is 2. The monoisotopic (exact) mass is 468 g/mol. The Hall–Kier alpha value is -3.10.